The Morgan fingerprint density at radius 3 is 0.822 bits per heavy atom. The van der Waals surface area contributed by atoms with Gasteiger partial charge < -0.3 is 13.7 Å². The molecule has 0 saturated heterocycles. The molecule has 3 heterocycles. The summed E-state index contributed by atoms with van der Waals surface area (Å²) in [5.41, 5.74) is 44.4. The summed E-state index contributed by atoms with van der Waals surface area (Å²) in [6, 6.07) is 156. The second-order valence-corrected chi connectivity index (χ2v) is 39.1. The first-order chi connectivity index (χ1) is 62.9. The number of nitrogens with zero attached hydrogens (tertiary/aromatic N) is 3. The predicted molar refractivity (Wildman–Crippen MR) is 556 cm³/mol. The van der Waals surface area contributed by atoms with Crippen LogP contribution in [0.15, 0.2) is 438 Å². The molecule has 0 radical (unpaired) electrons. The SMILES string of the molecule is CC1(C)c2ccccc2-c2cc(-n3c4ccccc4c4cc(-c5cccc(-c6cccc(Br)c6)c5)ccc43)ccc21.CC1(C)c2ccccc2-c2ccc(-n3c4ccccc4c4cc(-c5cccc(-c6cc(Br)cc(-c7ccccc7)c6)c5)ccc43)cc21.CC1(C)c2ccccc2-c2ccc(-n3c4ccccc4c4cc(-c5cccc(-c6cccc(Br)c6)c5)ccc43)cc21. The summed E-state index contributed by atoms with van der Waals surface area (Å²) in [5.74, 6) is 0. The molecule has 3 aliphatic rings. The largest absolute Gasteiger partial charge is 0.309 e. The number of halogens is 3. The molecular weight excluding hydrogens is 1760 g/mol. The van der Waals surface area contributed by atoms with Gasteiger partial charge in [0, 0.05) is 79.0 Å². The van der Waals surface area contributed by atoms with Gasteiger partial charge in [-0.2, -0.15) is 0 Å². The number of benzene rings is 19. The second kappa shape index (κ2) is 31.5. The van der Waals surface area contributed by atoms with Gasteiger partial charge in [-0.25, -0.2) is 0 Å². The number of hydrogen-bond acceptors (Lipinski definition) is 0. The molecule has 129 heavy (non-hydrogen) atoms. The van der Waals surface area contributed by atoms with Crippen LogP contribution in [0.4, 0.5) is 0 Å². The zero-order valence-electron chi connectivity index (χ0n) is 72.4. The van der Waals surface area contributed by atoms with Gasteiger partial charge >= 0.3 is 0 Å². The highest BCUT2D eigenvalue weighted by atomic mass is 79.9. The van der Waals surface area contributed by atoms with Gasteiger partial charge in [0.2, 0.25) is 0 Å². The molecule has 0 saturated carbocycles. The molecular formula is C123H88Br3N3. The maximum atomic E-state index is 3.77. The number of rotatable bonds is 10. The Hall–Kier alpha value is -14.0. The third kappa shape index (κ3) is 13.6. The molecule has 0 amide bonds. The van der Waals surface area contributed by atoms with Gasteiger partial charge in [0.25, 0.3) is 0 Å². The average Bonchev–Trinajstić information content (AvgIpc) is 1.57. The second-order valence-electron chi connectivity index (χ2n) is 36.3. The van der Waals surface area contributed by atoms with Crippen LogP contribution in [0, 0.1) is 0 Å². The van der Waals surface area contributed by atoms with E-state index in [4.69, 9.17) is 0 Å². The zero-order valence-corrected chi connectivity index (χ0v) is 77.1. The molecule has 0 atom stereocenters. The van der Waals surface area contributed by atoms with E-state index in [-0.39, 0.29) is 16.2 Å². The number of hydrogen-bond donors (Lipinski definition) is 0. The van der Waals surface area contributed by atoms with E-state index < -0.39 is 0 Å². The standard InChI is InChI=1S/C45H32BrN.2C39H28BrN/c1-45(2)41-17-8-6-15-37(41)38-21-20-36(28-42(38)45)47-43-18-9-7-16-39(43)40-27-32(19-22-44(40)47)30-13-10-14-31(23-30)34-24-33(25-35(46)26-34)29-11-4-3-5-12-29;1-39(2)35-15-5-3-13-31(35)32-19-18-30(24-36(32)39)41-37-16-6-4-14-33(37)34-23-28(17-20-38(34)41)26-10-7-9-25(21-26)27-11-8-12-29(40)22-27;1-39(2)35-15-5-3-13-31(35)33-24-30(18-19-36(33)39)41-37-16-6-4-14-32(37)34-23-28(17-20-38(34)41)26-10-7-9-25(21-26)27-11-8-12-29(40)22-27/h3-28H,1-2H3;2*3-24H,1-2H3. The molecule has 3 aromatic heterocycles. The molecule has 616 valence electrons. The summed E-state index contributed by atoms with van der Waals surface area (Å²) >= 11 is 11.0. The summed E-state index contributed by atoms with van der Waals surface area (Å²) in [5, 5.41) is 7.62. The van der Waals surface area contributed by atoms with Crippen molar-refractivity contribution in [2.75, 3.05) is 0 Å². The van der Waals surface area contributed by atoms with Gasteiger partial charge in [-0.1, -0.05) is 362 Å². The fourth-order valence-corrected chi connectivity index (χ4v) is 22.6. The van der Waals surface area contributed by atoms with Crippen LogP contribution in [-0.4, -0.2) is 13.7 Å². The van der Waals surface area contributed by atoms with Crippen LogP contribution < -0.4 is 0 Å². The molecule has 3 nitrogen and oxygen atoms in total. The number of fused-ring (bicyclic) bond motifs is 18. The van der Waals surface area contributed by atoms with Crippen molar-refractivity contribution in [2.24, 2.45) is 0 Å². The van der Waals surface area contributed by atoms with Crippen LogP contribution in [0.5, 0.6) is 0 Å². The molecule has 25 rings (SSSR count). The van der Waals surface area contributed by atoms with E-state index in [1.807, 2.05) is 0 Å². The van der Waals surface area contributed by atoms with Gasteiger partial charge in [0.05, 0.1) is 33.1 Å². The van der Waals surface area contributed by atoms with Crippen LogP contribution in [0.2, 0.25) is 0 Å². The van der Waals surface area contributed by atoms with Crippen molar-refractivity contribution in [3.8, 4) is 128 Å². The summed E-state index contributed by atoms with van der Waals surface area (Å²) in [7, 11) is 0. The third-order valence-corrected chi connectivity index (χ3v) is 29.2. The van der Waals surface area contributed by atoms with Crippen molar-refractivity contribution in [3.63, 3.8) is 0 Å². The van der Waals surface area contributed by atoms with Crippen molar-refractivity contribution in [3.05, 3.63) is 471 Å². The lowest BCUT2D eigenvalue weighted by Crippen LogP contribution is -2.15. The molecule has 0 aliphatic heterocycles. The minimum atomic E-state index is -0.0465. The van der Waals surface area contributed by atoms with Crippen molar-refractivity contribution < 1.29 is 0 Å². The first-order valence-corrected chi connectivity index (χ1v) is 46.9. The van der Waals surface area contributed by atoms with Crippen LogP contribution in [0.25, 0.3) is 194 Å². The fraction of sp³-hybridized carbons (Fsp3) is 0.0732. The molecule has 0 unspecified atom stereocenters. The summed E-state index contributed by atoms with van der Waals surface area (Å²) in [6.07, 6.45) is 0. The topological polar surface area (TPSA) is 14.8 Å². The van der Waals surface area contributed by atoms with Crippen molar-refractivity contribution in [2.45, 2.75) is 57.8 Å². The Balaban J connectivity index is 0.000000111. The normalized spacial score (nSPS) is 13.3. The molecule has 22 aromatic rings. The first kappa shape index (κ1) is 79.6. The first-order valence-electron chi connectivity index (χ1n) is 44.5. The zero-order chi connectivity index (χ0) is 87.1. The molecule has 3 aliphatic carbocycles. The molecule has 0 N–H and O–H groups in total. The van der Waals surface area contributed by atoms with E-state index in [1.165, 1.54) is 227 Å². The van der Waals surface area contributed by atoms with Gasteiger partial charge in [0.1, 0.15) is 0 Å². The Bertz CT molecular complexity index is 8330. The Labute approximate surface area is 778 Å². The lowest BCUT2D eigenvalue weighted by molar-refractivity contribution is 0.660. The highest BCUT2D eigenvalue weighted by Gasteiger charge is 2.39. The minimum absolute atomic E-state index is 0.00451. The molecule has 0 fully saturated rings. The van der Waals surface area contributed by atoms with Gasteiger partial charge in [-0.05, 0) is 296 Å². The van der Waals surface area contributed by atoms with Crippen LogP contribution in [0.3, 0.4) is 0 Å². The fourth-order valence-electron chi connectivity index (χ4n) is 21.3. The van der Waals surface area contributed by atoms with Crippen molar-refractivity contribution >= 4 is 113 Å². The minimum Gasteiger partial charge on any atom is -0.309 e. The van der Waals surface area contributed by atoms with E-state index in [2.05, 4.69) is 528 Å². The van der Waals surface area contributed by atoms with Crippen LogP contribution >= 0.6 is 47.8 Å². The molecule has 19 aromatic carbocycles. The Kier molecular flexibility index (Phi) is 19.4. The van der Waals surface area contributed by atoms with E-state index in [1.54, 1.807) is 0 Å². The summed E-state index contributed by atoms with van der Waals surface area (Å²) in [4.78, 5) is 0. The summed E-state index contributed by atoms with van der Waals surface area (Å²) in [6.45, 7) is 14.1. The predicted octanol–water partition coefficient (Wildman–Crippen LogP) is 35.2. The smallest absolute Gasteiger partial charge is 0.0541 e. The van der Waals surface area contributed by atoms with Gasteiger partial charge in [-0.15, -0.1) is 0 Å². The number of aromatic nitrogens is 3. The number of para-hydroxylation sites is 3. The maximum Gasteiger partial charge on any atom is 0.0541 e. The van der Waals surface area contributed by atoms with Gasteiger partial charge in [0.15, 0.2) is 0 Å². The maximum absolute atomic E-state index is 3.77. The van der Waals surface area contributed by atoms with Crippen LogP contribution in [-0.2, 0) is 16.2 Å². The van der Waals surface area contributed by atoms with E-state index in [9.17, 15) is 0 Å². The average molecular weight is 1850 g/mol. The highest BCUT2D eigenvalue weighted by molar-refractivity contribution is 9.11. The van der Waals surface area contributed by atoms with Crippen LogP contribution in [0.1, 0.15) is 74.9 Å². The van der Waals surface area contributed by atoms with Crippen molar-refractivity contribution in [1.82, 2.24) is 13.7 Å². The van der Waals surface area contributed by atoms with E-state index >= 15 is 0 Å². The quantitative estimate of drug-likeness (QED) is 0.130. The summed E-state index contributed by atoms with van der Waals surface area (Å²) < 4.78 is 10.6. The highest BCUT2D eigenvalue weighted by Crippen LogP contribution is 2.54. The molecule has 0 bridgehead atoms. The van der Waals surface area contributed by atoms with Crippen molar-refractivity contribution in [1.29, 1.82) is 0 Å². The van der Waals surface area contributed by atoms with E-state index in [0.29, 0.717) is 0 Å². The lowest BCUT2D eigenvalue weighted by atomic mass is 9.82. The monoisotopic (exact) mass is 1840 g/mol. The Morgan fingerprint density at radius 1 is 0.155 bits per heavy atom. The molecule has 6 heteroatoms. The molecule has 0 spiro atoms. The lowest BCUT2D eigenvalue weighted by Gasteiger charge is -2.22. The van der Waals surface area contributed by atoms with E-state index in [0.717, 1.165) is 13.4 Å². The Morgan fingerprint density at radius 2 is 0.419 bits per heavy atom. The third-order valence-electron chi connectivity index (χ3n) is 27.7. The van der Waals surface area contributed by atoms with Gasteiger partial charge in [-0.3, -0.25) is 0 Å².